The molecule has 2 atom stereocenters. The molecule has 1 spiro atoms. The summed E-state index contributed by atoms with van der Waals surface area (Å²) >= 11 is 0. The number of hydrogen-bond donors (Lipinski definition) is 1. The highest BCUT2D eigenvalue weighted by molar-refractivity contribution is 5.98. The third-order valence-corrected chi connectivity index (χ3v) is 9.18. The zero-order valence-corrected chi connectivity index (χ0v) is 21.7. The first-order chi connectivity index (χ1) is 16.4. The van der Waals surface area contributed by atoms with Crippen molar-refractivity contribution in [2.24, 2.45) is 17.8 Å². The predicted molar refractivity (Wildman–Crippen MR) is 141 cm³/mol. The van der Waals surface area contributed by atoms with Gasteiger partial charge >= 0.3 is 0 Å². The minimum Gasteiger partial charge on any atom is -0.379 e. The second kappa shape index (κ2) is 9.64. The maximum atomic E-state index is 13.3. The lowest BCUT2D eigenvalue weighted by atomic mass is 9.66. The highest BCUT2D eigenvalue weighted by atomic mass is 16.1. The molecule has 5 rings (SSSR count). The first-order valence-electron chi connectivity index (χ1n) is 14.1. The third-order valence-electron chi connectivity index (χ3n) is 9.18. The van der Waals surface area contributed by atoms with Gasteiger partial charge in [0.25, 0.3) is 0 Å². The van der Waals surface area contributed by atoms with Gasteiger partial charge in [0.15, 0.2) is 5.78 Å². The lowest BCUT2D eigenvalue weighted by Crippen LogP contribution is -2.68. The van der Waals surface area contributed by atoms with Gasteiger partial charge in [-0.2, -0.15) is 0 Å². The number of ketones is 1. The molecular weight excluding hydrogens is 416 g/mol. The number of piperidine rings is 1. The van der Waals surface area contributed by atoms with Crippen LogP contribution in [0.4, 0.5) is 0 Å². The minimum atomic E-state index is -0.0162. The van der Waals surface area contributed by atoms with Crippen molar-refractivity contribution in [3.63, 3.8) is 0 Å². The molecule has 1 aliphatic carbocycles. The zero-order chi connectivity index (χ0) is 23.8. The smallest absolute Gasteiger partial charge is 0.161 e. The summed E-state index contributed by atoms with van der Waals surface area (Å²) in [5.74, 6) is 2.24. The van der Waals surface area contributed by atoms with E-state index < -0.39 is 0 Å². The van der Waals surface area contributed by atoms with Gasteiger partial charge in [0.2, 0.25) is 0 Å². The van der Waals surface area contributed by atoms with Crippen molar-refractivity contribution in [2.45, 2.75) is 90.5 Å². The molecule has 34 heavy (non-hydrogen) atoms. The average molecular weight is 462 g/mol. The van der Waals surface area contributed by atoms with Crippen LogP contribution in [-0.2, 0) is 11.2 Å². The number of rotatable bonds is 9. The Kier molecular flexibility index (Phi) is 6.77. The van der Waals surface area contributed by atoms with Crippen LogP contribution < -0.4 is 5.32 Å². The largest absolute Gasteiger partial charge is 0.379 e. The van der Waals surface area contributed by atoms with Crippen LogP contribution in [0.5, 0.6) is 0 Å². The Morgan fingerprint density at radius 3 is 2.56 bits per heavy atom. The van der Waals surface area contributed by atoms with E-state index in [1.807, 2.05) is 6.08 Å². The Bertz CT molecular complexity index is 963. The lowest BCUT2D eigenvalue weighted by Gasteiger charge is -2.60. The summed E-state index contributed by atoms with van der Waals surface area (Å²) < 4.78 is 1.21. The Labute approximate surface area is 207 Å². The van der Waals surface area contributed by atoms with E-state index in [2.05, 4.69) is 56.4 Å². The molecule has 2 fully saturated rings. The van der Waals surface area contributed by atoms with Crippen LogP contribution in [0.25, 0.3) is 5.70 Å². The van der Waals surface area contributed by atoms with Gasteiger partial charge in [0.05, 0.1) is 25.6 Å². The van der Waals surface area contributed by atoms with Crippen LogP contribution in [0.1, 0.15) is 89.7 Å². The number of nitrogens with zero attached hydrogens (tertiary/aromatic N) is 1. The second-order valence-corrected chi connectivity index (χ2v) is 12.3. The summed E-state index contributed by atoms with van der Waals surface area (Å²) in [5.41, 5.74) is 5.28. The molecule has 1 aromatic rings. The summed E-state index contributed by atoms with van der Waals surface area (Å²) in [4.78, 5) is 13.3. The van der Waals surface area contributed by atoms with E-state index in [0.29, 0.717) is 5.78 Å². The predicted octanol–water partition coefficient (Wildman–Crippen LogP) is 6.64. The van der Waals surface area contributed by atoms with Gasteiger partial charge in [-0.15, -0.1) is 0 Å². The van der Waals surface area contributed by atoms with Crippen molar-refractivity contribution < 1.29 is 9.28 Å². The second-order valence-electron chi connectivity index (χ2n) is 12.3. The van der Waals surface area contributed by atoms with Crippen molar-refractivity contribution in [3.05, 3.63) is 53.2 Å². The van der Waals surface area contributed by atoms with Gasteiger partial charge in [0.1, 0.15) is 5.70 Å². The quantitative estimate of drug-likeness (QED) is 0.254. The molecule has 4 aliphatic rings. The fourth-order valence-corrected chi connectivity index (χ4v) is 7.16. The molecule has 184 valence electrons. The molecule has 3 heterocycles. The molecular formula is C31H45N2O+. The molecule has 1 aromatic carbocycles. The Morgan fingerprint density at radius 1 is 1.09 bits per heavy atom. The molecule has 2 unspecified atom stereocenters. The van der Waals surface area contributed by atoms with Crippen LogP contribution in [0.15, 0.2) is 42.1 Å². The molecule has 0 amide bonds. The van der Waals surface area contributed by atoms with Crippen molar-refractivity contribution in [2.75, 3.05) is 19.6 Å². The van der Waals surface area contributed by atoms with Crippen LogP contribution in [-0.4, -0.2) is 35.4 Å². The Morgan fingerprint density at radius 2 is 1.82 bits per heavy atom. The normalized spacial score (nSPS) is 32.1. The van der Waals surface area contributed by atoms with Gasteiger partial charge in [-0.1, -0.05) is 69.7 Å². The number of carbonyl (C=O) groups is 1. The zero-order valence-electron chi connectivity index (χ0n) is 21.7. The monoisotopic (exact) mass is 461 g/mol. The highest BCUT2D eigenvalue weighted by Crippen LogP contribution is 2.54. The minimum absolute atomic E-state index is 0.0162. The van der Waals surface area contributed by atoms with Gasteiger partial charge in [0, 0.05) is 41.6 Å². The topological polar surface area (TPSA) is 29.1 Å². The third kappa shape index (κ3) is 4.65. The Hall–Kier alpha value is -1.87. The number of hydrogen-bond acceptors (Lipinski definition) is 2. The van der Waals surface area contributed by atoms with E-state index in [0.717, 1.165) is 36.8 Å². The maximum Gasteiger partial charge on any atom is 0.161 e. The van der Waals surface area contributed by atoms with Gasteiger partial charge in [-0.25, -0.2) is 0 Å². The van der Waals surface area contributed by atoms with E-state index in [1.54, 1.807) is 5.70 Å². The molecule has 0 saturated carbocycles. The lowest BCUT2D eigenvalue weighted by molar-refractivity contribution is -0.944. The molecule has 3 nitrogen and oxygen atoms in total. The summed E-state index contributed by atoms with van der Waals surface area (Å²) in [5, 5.41) is 3.64. The summed E-state index contributed by atoms with van der Waals surface area (Å²) in [6, 6.07) is 8.55. The van der Waals surface area contributed by atoms with E-state index >= 15 is 0 Å². The molecule has 3 aliphatic heterocycles. The number of fused-ring (bicyclic) bond motifs is 3. The number of benzene rings is 1. The van der Waals surface area contributed by atoms with E-state index in [1.165, 1.54) is 80.2 Å². The van der Waals surface area contributed by atoms with Crippen LogP contribution in [0.3, 0.4) is 0 Å². The van der Waals surface area contributed by atoms with E-state index in [4.69, 9.17) is 0 Å². The highest BCUT2D eigenvalue weighted by Gasteiger charge is 2.59. The summed E-state index contributed by atoms with van der Waals surface area (Å²) in [6.45, 7) is 10.4. The fourth-order valence-electron chi connectivity index (χ4n) is 7.16. The van der Waals surface area contributed by atoms with Crippen molar-refractivity contribution in [1.29, 1.82) is 0 Å². The van der Waals surface area contributed by atoms with Crippen LogP contribution in [0, 0.1) is 17.8 Å². The van der Waals surface area contributed by atoms with Crippen LogP contribution >= 0.6 is 0 Å². The average Bonchev–Trinajstić information content (AvgIpc) is 2.81. The SMILES string of the molecule is CCCCCCCCC1C=C2C1C[N+]21CCC(C(=O)/C=C2\NC(C)(C)Cc3ccccc32)CC1. The first-order valence-corrected chi connectivity index (χ1v) is 14.1. The fraction of sp³-hybridized carbons (Fsp3) is 0.645. The van der Waals surface area contributed by atoms with Crippen LogP contribution in [0.2, 0.25) is 0 Å². The van der Waals surface area contributed by atoms with Crippen molar-refractivity contribution in [3.8, 4) is 0 Å². The standard InChI is InChI=1S/C31H44N2O/c1-4-5-6-7-8-9-12-24-19-29-27(24)22-33(29)17-15-23(16-18-33)30(34)20-28-26-14-11-10-13-25(26)21-31(2,3)32-28/h10-11,13-14,19-20,23-24,27H,4-9,12,15-18,21-22H2,1-3H3/p+1. The number of unbranched alkanes of at least 4 members (excludes halogenated alkanes) is 5. The molecule has 0 bridgehead atoms. The molecule has 0 aromatic heterocycles. The number of nitrogens with one attached hydrogen (secondary N) is 1. The number of carbonyl (C=O) groups excluding carboxylic acids is 1. The van der Waals surface area contributed by atoms with Crippen molar-refractivity contribution >= 4 is 11.5 Å². The van der Waals surface area contributed by atoms with Crippen molar-refractivity contribution in [1.82, 2.24) is 5.32 Å². The van der Waals surface area contributed by atoms with Gasteiger partial charge < -0.3 is 5.32 Å². The first kappa shape index (κ1) is 23.9. The van der Waals surface area contributed by atoms with E-state index in [-0.39, 0.29) is 11.5 Å². The Balaban J connectivity index is 1.13. The van der Waals surface area contributed by atoms with Gasteiger partial charge in [-0.05, 0) is 44.2 Å². The molecule has 2 saturated heterocycles. The summed E-state index contributed by atoms with van der Waals surface area (Å²) in [6.07, 6.45) is 17.4. The number of quaternary nitrogens is 1. The molecule has 1 N–H and O–H groups in total. The van der Waals surface area contributed by atoms with Gasteiger partial charge in [-0.3, -0.25) is 9.28 Å². The number of allylic oxidation sites excluding steroid dienone is 2. The molecule has 3 heteroatoms. The van der Waals surface area contributed by atoms with E-state index in [9.17, 15) is 4.79 Å². The summed E-state index contributed by atoms with van der Waals surface area (Å²) in [7, 11) is 0. The molecule has 0 radical (unpaired) electrons. The maximum absolute atomic E-state index is 13.3.